The zero-order chi connectivity index (χ0) is 23.5. The number of anilines is 1. The molecule has 176 valence electrons. The number of hydrogen-bond donors (Lipinski definition) is 0. The van der Waals surface area contributed by atoms with Gasteiger partial charge in [-0.15, -0.1) is 0 Å². The summed E-state index contributed by atoms with van der Waals surface area (Å²) >= 11 is 6.94. The van der Waals surface area contributed by atoms with Crippen molar-refractivity contribution >= 4 is 46.1 Å². The van der Waals surface area contributed by atoms with Gasteiger partial charge in [0.15, 0.2) is 0 Å². The lowest BCUT2D eigenvalue weighted by molar-refractivity contribution is -0.124. The molecule has 2 saturated heterocycles. The summed E-state index contributed by atoms with van der Waals surface area (Å²) in [6.07, 6.45) is 8.03. The molecule has 3 aliphatic rings. The number of carbonyl (C=O) groups excluding carboxylic acids is 1. The van der Waals surface area contributed by atoms with Crippen LogP contribution in [0.25, 0.3) is 6.08 Å². The highest BCUT2D eigenvalue weighted by Crippen LogP contribution is 2.39. The molecule has 1 aromatic heterocycles. The largest absolute Gasteiger partial charge is 0.378 e. The lowest BCUT2D eigenvalue weighted by atomic mass is 9.94. The molecular weight excluding hydrogens is 456 g/mol. The number of nitriles is 1. The minimum Gasteiger partial charge on any atom is -0.378 e. The van der Waals surface area contributed by atoms with Gasteiger partial charge in [-0.05, 0) is 37.8 Å². The molecule has 0 atom stereocenters. The highest BCUT2D eigenvalue weighted by atomic mass is 32.2. The topological polar surface area (TPSA) is 78.6 Å². The molecule has 1 aliphatic carbocycles. The molecular formula is C24H30N4O3S2. The number of nitrogens with zero attached hydrogens (tertiary/aromatic N) is 4. The first-order valence-corrected chi connectivity index (χ1v) is 13.0. The smallest absolute Gasteiger partial charge is 0.270 e. The number of amides is 1. The Morgan fingerprint density at radius 3 is 2.55 bits per heavy atom. The van der Waals surface area contributed by atoms with E-state index in [0.29, 0.717) is 47.6 Å². The molecule has 2 aliphatic heterocycles. The number of thioether (sulfide) groups is 1. The lowest BCUT2D eigenvalue weighted by Crippen LogP contribution is -2.41. The van der Waals surface area contributed by atoms with Crippen LogP contribution < -0.4 is 10.5 Å². The monoisotopic (exact) mass is 486 g/mol. The van der Waals surface area contributed by atoms with E-state index in [0.717, 1.165) is 43.5 Å². The van der Waals surface area contributed by atoms with Gasteiger partial charge < -0.3 is 9.64 Å². The van der Waals surface area contributed by atoms with Crippen molar-refractivity contribution in [2.75, 3.05) is 31.2 Å². The Kier molecular flexibility index (Phi) is 7.57. The average Bonchev–Trinajstić information content (AvgIpc) is 3.11. The number of rotatable bonds is 5. The number of morpholine rings is 1. The van der Waals surface area contributed by atoms with Crippen molar-refractivity contribution in [1.82, 2.24) is 9.47 Å². The third-order valence-corrected chi connectivity index (χ3v) is 7.97. The second-order valence-electron chi connectivity index (χ2n) is 8.75. The predicted octanol–water partition coefficient (Wildman–Crippen LogP) is 3.81. The van der Waals surface area contributed by atoms with Crippen LogP contribution in [0.4, 0.5) is 5.82 Å². The van der Waals surface area contributed by atoms with Gasteiger partial charge in [-0.3, -0.25) is 19.1 Å². The molecule has 33 heavy (non-hydrogen) atoms. The van der Waals surface area contributed by atoms with E-state index >= 15 is 0 Å². The van der Waals surface area contributed by atoms with E-state index in [-0.39, 0.29) is 23.1 Å². The highest BCUT2D eigenvalue weighted by Gasteiger charge is 2.38. The van der Waals surface area contributed by atoms with Crippen molar-refractivity contribution < 1.29 is 9.53 Å². The fraction of sp³-hybridized carbons (Fsp3) is 0.583. The molecule has 0 aromatic carbocycles. The van der Waals surface area contributed by atoms with Crippen molar-refractivity contribution in [2.45, 2.75) is 65.0 Å². The fourth-order valence-electron chi connectivity index (χ4n) is 4.96. The lowest BCUT2D eigenvalue weighted by Gasteiger charge is -2.33. The average molecular weight is 487 g/mol. The van der Waals surface area contributed by atoms with E-state index in [1.807, 2.05) is 13.0 Å². The second-order valence-corrected chi connectivity index (χ2v) is 10.4. The third kappa shape index (κ3) is 4.61. The van der Waals surface area contributed by atoms with Gasteiger partial charge in [0.05, 0.1) is 18.1 Å². The molecule has 1 aromatic rings. The molecule has 1 amide bonds. The zero-order valence-corrected chi connectivity index (χ0v) is 20.9. The number of pyridine rings is 1. The van der Waals surface area contributed by atoms with Crippen LogP contribution in [0.15, 0.2) is 9.70 Å². The van der Waals surface area contributed by atoms with E-state index in [4.69, 9.17) is 17.0 Å². The van der Waals surface area contributed by atoms with Crippen LogP contribution in [0, 0.1) is 18.3 Å². The van der Waals surface area contributed by atoms with Gasteiger partial charge in [0.25, 0.3) is 11.5 Å². The summed E-state index contributed by atoms with van der Waals surface area (Å²) in [4.78, 5) is 31.1. The SMILES string of the molecule is CCCn1c(N2CCOCC2)c(/C=C2/SC(=S)N(C3CCCCC3)C2=O)c(C)c(C#N)c1=O. The van der Waals surface area contributed by atoms with Crippen LogP contribution in [0.5, 0.6) is 0 Å². The maximum absolute atomic E-state index is 13.4. The summed E-state index contributed by atoms with van der Waals surface area (Å²) in [7, 11) is 0. The first-order chi connectivity index (χ1) is 16.0. The number of aromatic nitrogens is 1. The zero-order valence-electron chi connectivity index (χ0n) is 19.3. The summed E-state index contributed by atoms with van der Waals surface area (Å²) < 4.78 is 7.84. The Labute approximate surface area is 204 Å². The summed E-state index contributed by atoms with van der Waals surface area (Å²) in [5.41, 5.74) is 1.23. The Bertz CT molecular complexity index is 1080. The van der Waals surface area contributed by atoms with E-state index in [9.17, 15) is 14.9 Å². The van der Waals surface area contributed by atoms with Crippen molar-refractivity contribution in [1.29, 1.82) is 5.26 Å². The van der Waals surface area contributed by atoms with E-state index in [1.54, 1.807) is 16.4 Å². The van der Waals surface area contributed by atoms with Crippen LogP contribution in [0.3, 0.4) is 0 Å². The third-order valence-electron chi connectivity index (χ3n) is 6.64. The molecule has 1 saturated carbocycles. The van der Waals surface area contributed by atoms with Crippen LogP contribution in [-0.2, 0) is 16.1 Å². The van der Waals surface area contributed by atoms with Gasteiger partial charge in [-0.25, -0.2) is 0 Å². The number of ether oxygens (including phenoxy) is 1. The summed E-state index contributed by atoms with van der Waals surface area (Å²) in [5.74, 6) is 0.709. The van der Waals surface area contributed by atoms with Gasteiger partial charge >= 0.3 is 0 Å². The Hall–Kier alpha value is -2.15. The van der Waals surface area contributed by atoms with E-state index in [1.165, 1.54) is 18.2 Å². The molecule has 4 rings (SSSR count). The van der Waals surface area contributed by atoms with Gasteiger partial charge in [0, 0.05) is 31.2 Å². The molecule has 3 fully saturated rings. The van der Waals surface area contributed by atoms with Crippen LogP contribution >= 0.6 is 24.0 Å². The Morgan fingerprint density at radius 2 is 1.91 bits per heavy atom. The molecule has 7 nitrogen and oxygen atoms in total. The normalized spacial score (nSPS) is 21.2. The quantitative estimate of drug-likeness (QED) is 0.463. The maximum Gasteiger partial charge on any atom is 0.270 e. The highest BCUT2D eigenvalue weighted by molar-refractivity contribution is 8.26. The van der Waals surface area contributed by atoms with Crippen LogP contribution in [0.2, 0.25) is 0 Å². The molecule has 0 N–H and O–H groups in total. The molecule has 0 unspecified atom stereocenters. The van der Waals surface area contributed by atoms with Crippen molar-refractivity contribution in [3.05, 3.63) is 31.9 Å². The van der Waals surface area contributed by atoms with Gasteiger partial charge in [0.2, 0.25) is 0 Å². The molecule has 9 heteroatoms. The molecule has 0 bridgehead atoms. The predicted molar refractivity (Wildman–Crippen MR) is 135 cm³/mol. The van der Waals surface area contributed by atoms with Crippen molar-refractivity contribution in [3.8, 4) is 6.07 Å². The summed E-state index contributed by atoms with van der Waals surface area (Å²) in [5, 5.41) is 9.77. The molecule has 3 heterocycles. The minimum absolute atomic E-state index is 0.0593. The van der Waals surface area contributed by atoms with E-state index < -0.39 is 0 Å². The number of carbonyl (C=O) groups is 1. The maximum atomic E-state index is 13.4. The number of hydrogen-bond acceptors (Lipinski definition) is 7. The Morgan fingerprint density at radius 1 is 1.21 bits per heavy atom. The fourth-order valence-corrected chi connectivity index (χ4v) is 6.34. The first kappa shape index (κ1) is 24.0. The van der Waals surface area contributed by atoms with Crippen LogP contribution in [0.1, 0.15) is 62.1 Å². The van der Waals surface area contributed by atoms with Gasteiger partial charge in [-0.1, -0.05) is 50.2 Å². The molecule has 0 radical (unpaired) electrons. The number of thiocarbonyl (C=S) groups is 1. The summed E-state index contributed by atoms with van der Waals surface area (Å²) in [6, 6.07) is 2.27. The summed E-state index contributed by atoms with van der Waals surface area (Å²) in [6.45, 7) is 6.76. The molecule has 0 spiro atoms. The van der Waals surface area contributed by atoms with Gasteiger partial charge in [-0.2, -0.15) is 5.26 Å². The van der Waals surface area contributed by atoms with Crippen molar-refractivity contribution in [2.24, 2.45) is 0 Å². The van der Waals surface area contributed by atoms with Gasteiger partial charge in [0.1, 0.15) is 21.8 Å². The standard InChI is InChI=1S/C24H30N4O3S2/c1-3-9-27-21(26-10-12-31-13-11-26)18(16(2)19(15-25)22(27)29)14-20-23(30)28(24(32)33-20)17-7-5-4-6-8-17/h14,17H,3-13H2,1-2H3/b20-14+. The minimum atomic E-state index is -0.273. The van der Waals surface area contributed by atoms with Crippen molar-refractivity contribution in [3.63, 3.8) is 0 Å². The van der Waals surface area contributed by atoms with E-state index in [2.05, 4.69) is 11.0 Å². The Balaban J connectivity index is 1.84. The second kappa shape index (κ2) is 10.4. The first-order valence-electron chi connectivity index (χ1n) is 11.7. The van der Waals surface area contributed by atoms with Crippen LogP contribution in [-0.4, -0.2) is 52.0 Å².